The number of aliphatic carboxylic acids is 1. The van der Waals surface area contributed by atoms with Crippen LogP contribution in [0.2, 0.25) is 0 Å². The van der Waals surface area contributed by atoms with Crippen LogP contribution in [0, 0.1) is 11.3 Å². The fourth-order valence-electron chi connectivity index (χ4n) is 3.40. The monoisotopic (exact) mass is 534 g/mol. The summed E-state index contributed by atoms with van der Waals surface area (Å²) in [7, 11) is 0. The molecule has 1 aliphatic heterocycles. The number of anilines is 2. The zero-order valence-electron chi connectivity index (χ0n) is 20.2. The van der Waals surface area contributed by atoms with Gasteiger partial charge < -0.3 is 25.4 Å². The molecule has 0 radical (unpaired) electrons. The van der Waals surface area contributed by atoms with Crippen LogP contribution in [0.4, 0.5) is 29.3 Å². The SMILES string of the molecule is CCOC(=O)CCc1cccc(NC(=O)N[C@H]2CCN(c3ccc(C#N)cc3)C2=O)c1.O=C(O)C(F)(F)F. The molecule has 1 heterocycles. The lowest BCUT2D eigenvalue weighted by Crippen LogP contribution is -2.43. The molecule has 0 aliphatic carbocycles. The predicted octanol–water partition coefficient (Wildman–Crippen LogP) is 3.61. The van der Waals surface area contributed by atoms with E-state index in [4.69, 9.17) is 19.9 Å². The maximum absolute atomic E-state index is 12.7. The van der Waals surface area contributed by atoms with Gasteiger partial charge in [0.05, 0.1) is 18.2 Å². The summed E-state index contributed by atoms with van der Waals surface area (Å²) in [4.78, 5) is 47.1. The first kappa shape index (κ1) is 29.6. The fraction of sp³-hybridized carbons (Fsp3) is 0.320. The highest BCUT2D eigenvalue weighted by molar-refractivity contribution is 6.02. The Labute approximate surface area is 216 Å². The minimum absolute atomic E-state index is 0.192. The van der Waals surface area contributed by atoms with Crippen LogP contribution < -0.4 is 15.5 Å². The van der Waals surface area contributed by atoms with Gasteiger partial charge >= 0.3 is 24.1 Å². The summed E-state index contributed by atoms with van der Waals surface area (Å²) in [5, 5.41) is 21.5. The Morgan fingerprint density at radius 1 is 1.18 bits per heavy atom. The zero-order chi connectivity index (χ0) is 28.3. The number of alkyl halides is 3. The van der Waals surface area contributed by atoms with Crippen LogP contribution in [0.25, 0.3) is 0 Å². The third kappa shape index (κ3) is 9.12. The van der Waals surface area contributed by atoms with Gasteiger partial charge in [0.1, 0.15) is 6.04 Å². The molecule has 0 aromatic heterocycles. The molecule has 1 aliphatic rings. The predicted molar refractivity (Wildman–Crippen MR) is 129 cm³/mol. The molecule has 1 saturated heterocycles. The van der Waals surface area contributed by atoms with E-state index in [1.54, 1.807) is 54.3 Å². The molecule has 3 N–H and O–H groups in total. The number of carboxylic acids is 1. The number of aryl methyl sites for hydroxylation is 1. The number of nitrogens with zero attached hydrogens (tertiary/aromatic N) is 2. The van der Waals surface area contributed by atoms with Gasteiger partial charge in [0.25, 0.3) is 0 Å². The molecule has 0 unspecified atom stereocenters. The van der Waals surface area contributed by atoms with Crippen molar-refractivity contribution in [2.45, 2.75) is 38.4 Å². The lowest BCUT2D eigenvalue weighted by atomic mass is 10.1. The van der Waals surface area contributed by atoms with Gasteiger partial charge in [0, 0.05) is 24.3 Å². The van der Waals surface area contributed by atoms with Crippen molar-refractivity contribution in [2.75, 3.05) is 23.4 Å². The Hall–Kier alpha value is -4.60. The number of halogens is 3. The Kier molecular flexibility index (Phi) is 10.6. The Morgan fingerprint density at radius 3 is 2.42 bits per heavy atom. The van der Waals surface area contributed by atoms with E-state index in [1.165, 1.54) is 0 Å². The maximum atomic E-state index is 12.7. The molecule has 202 valence electrons. The van der Waals surface area contributed by atoms with Crippen LogP contribution in [0.5, 0.6) is 0 Å². The van der Waals surface area contributed by atoms with Gasteiger partial charge in [-0.15, -0.1) is 0 Å². The first-order valence-corrected chi connectivity index (χ1v) is 11.4. The number of nitriles is 1. The Morgan fingerprint density at radius 2 is 1.84 bits per heavy atom. The molecule has 10 nitrogen and oxygen atoms in total. The van der Waals surface area contributed by atoms with Crippen molar-refractivity contribution >= 4 is 35.3 Å². The molecule has 2 aromatic rings. The molecular weight excluding hydrogens is 509 g/mol. The summed E-state index contributed by atoms with van der Waals surface area (Å²) >= 11 is 0. The molecule has 0 saturated carbocycles. The summed E-state index contributed by atoms with van der Waals surface area (Å²) in [5.41, 5.74) is 2.69. The number of carbonyl (C=O) groups excluding carboxylic acids is 3. The Bertz CT molecular complexity index is 1190. The van der Waals surface area contributed by atoms with Crippen LogP contribution in [-0.2, 0) is 25.5 Å². The number of ether oxygens (including phenoxy) is 1. The molecule has 13 heteroatoms. The van der Waals surface area contributed by atoms with E-state index in [1.807, 2.05) is 12.1 Å². The average Bonchev–Trinajstić information content (AvgIpc) is 3.22. The van der Waals surface area contributed by atoms with Crippen molar-refractivity contribution in [3.63, 3.8) is 0 Å². The van der Waals surface area contributed by atoms with Gasteiger partial charge in [-0.1, -0.05) is 12.1 Å². The van der Waals surface area contributed by atoms with Gasteiger partial charge in [-0.25, -0.2) is 9.59 Å². The van der Waals surface area contributed by atoms with Crippen molar-refractivity contribution in [3.8, 4) is 6.07 Å². The van der Waals surface area contributed by atoms with Crippen molar-refractivity contribution in [2.24, 2.45) is 0 Å². The number of benzene rings is 2. The molecule has 1 fully saturated rings. The first-order valence-electron chi connectivity index (χ1n) is 11.4. The average molecular weight is 534 g/mol. The van der Waals surface area contributed by atoms with Crippen LogP contribution in [0.15, 0.2) is 48.5 Å². The highest BCUT2D eigenvalue weighted by atomic mass is 19.4. The molecule has 3 rings (SSSR count). The molecule has 3 amide bonds. The number of hydrogen-bond acceptors (Lipinski definition) is 6. The van der Waals surface area contributed by atoms with Crippen molar-refractivity contribution < 1.29 is 42.2 Å². The lowest BCUT2D eigenvalue weighted by molar-refractivity contribution is -0.192. The second-order valence-corrected chi connectivity index (χ2v) is 7.90. The Balaban J connectivity index is 0.000000638. The quantitative estimate of drug-likeness (QED) is 0.460. The number of carbonyl (C=O) groups is 4. The van der Waals surface area contributed by atoms with Gasteiger partial charge in [-0.3, -0.25) is 9.59 Å². The highest BCUT2D eigenvalue weighted by Crippen LogP contribution is 2.22. The number of esters is 1. The number of urea groups is 1. The van der Waals surface area contributed by atoms with Gasteiger partial charge in [-0.2, -0.15) is 18.4 Å². The summed E-state index contributed by atoms with van der Waals surface area (Å²) < 4.78 is 36.7. The highest BCUT2D eigenvalue weighted by Gasteiger charge is 2.38. The minimum atomic E-state index is -5.08. The zero-order valence-corrected chi connectivity index (χ0v) is 20.2. The van der Waals surface area contributed by atoms with Crippen LogP contribution in [0.3, 0.4) is 0 Å². The van der Waals surface area contributed by atoms with E-state index in [2.05, 4.69) is 10.6 Å². The van der Waals surface area contributed by atoms with Gasteiger partial charge in [0.2, 0.25) is 5.91 Å². The third-order valence-corrected chi connectivity index (χ3v) is 5.17. The van der Waals surface area contributed by atoms with Gasteiger partial charge in [0.15, 0.2) is 0 Å². The number of carboxylic acid groups (broad SMARTS) is 1. The number of hydrogen-bond donors (Lipinski definition) is 3. The number of amides is 3. The van der Waals surface area contributed by atoms with Crippen LogP contribution in [-0.4, -0.2) is 54.4 Å². The molecule has 0 bridgehead atoms. The summed E-state index contributed by atoms with van der Waals surface area (Å²) in [5.74, 6) is -3.21. The second-order valence-electron chi connectivity index (χ2n) is 7.90. The molecule has 1 atom stereocenters. The largest absolute Gasteiger partial charge is 0.490 e. The van der Waals surface area contributed by atoms with Crippen molar-refractivity contribution in [1.82, 2.24) is 5.32 Å². The van der Waals surface area contributed by atoms with Crippen molar-refractivity contribution in [3.05, 3.63) is 59.7 Å². The first-order chi connectivity index (χ1) is 17.9. The topological polar surface area (TPSA) is 149 Å². The molecule has 38 heavy (non-hydrogen) atoms. The third-order valence-electron chi connectivity index (χ3n) is 5.17. The molecule has 0 spiro atoms. The smallest absolute Gasteiger partial charge is 0.475 e. The van der Waals surface area contributed by atoms with E-state index < -0.39 is 24.2 Å². The normalized spacial score (nSPS) is 14.6. The number of rotatable bonds is 7. The van der Waals surface area contributed by atoms with Crippen LogP contribution in [0.1, 0.15) is 30.9 Å². The summed E-state index contributed by atoms with van der Waals surface area (Å²) in [6.07, 6.45) is -3.81. The minimum Gasteiger partial charge on any atom is -0.475 e. The standard InChI is InChI=1S/C23H24N4O4.C2HF3O2/c1-2-31-21(28)11-8-16-4-3-5-18(14-16)25-23(30)26-20-12-13-27(22(20)29)19-9-6-17(15-24)7-10-19;3-2(4,5)1(6)7/h3-7,9-10,14,20H,2,8,11-13H2,1H3,(H2,25,26,30);(H,6,7)/t20-;/m0./s1. The van der Waals surface area contributed by atoms with E-state index in [0.717, 1.165) is 5.56 Å². The van der Waals surface area contributed by atoms with Crippen LogP contribution >= 0.6 is 0 Å². The lowest BCUT2D eigenvalue weighted by Gasteiger charge is -2.17. The van der Waals surface area contributed by atoms with E-state index in [0.29, 0.717) is 42.9 Å². The van der Waals surface area contributed by atoms with E-state index in [9.17, 15) is 27.6 Å². The summed E-state index contributed by atoms with van der Waals surface area (Å²) in [6.45, 7) is 2.60. The van der Waals surface area contributed by atoms with Gasteiger partial charge in [-0.05, 0) is 61.7 Å². The van der Waals surface area contributed by atoms with E-state index >= 15 is 0 Å². The second kappa shape index (κ2) is 13.6. The van der Waals surface area contributed by atoms with Crippen molar-refractivity contribution in [1.29, 1.82) is 5.26 Å². The fourth-order valence-corrected chi connectivity index (χ4v) is 3.40. The molecule has 2 aromatic carbocycles. The van der Waals surface area contributed by atoms with E-state index in [-0.39, 0.29) is 18.3 Å². The number of nitrogens with one attached hydrogen (secondary N) is 2. The maximum Gasteiger partial charge on any atom is 0.490 e. The molecular formula is C25H25F3N4O6. The summed E-state index contributed by atoms with van der Waals surface area (Å²) in [6, 6.07) is 14.9.